The maximum atomic E-state index is 14.2. The largest absolute Gasteiger partial charge is 0.494 e. The molecule has 0 saturated carbocycles. The Morgan fingerprint density at radius 3 is 2.69 bits per heavy atom. The Balaban J connectivity index is 1.58. The van der Waals surface area contributed by atoms with Gasteiger partial charge in [0.15, 0.2) is 11.6 Å². The second-order valence-corrected chi connectivity index (χ2v) is 8.44. The van der Waals surface area contributed by atoms with Gasteiger partial charge in [-0.2, -0.15) is 11.3 Å². The van der Waals surface area contributed by atoms with E-state index in [0.29, 0.717) is 12.1 Å². The number of methoxy groups -OCH3 is 1. The van der Waals surface area contributed by atoms with Crippen molar-refractivity contribution in [3.05, 3.63) is 80.7 Å². The van der Waals surface area contributed by atoms with Gasteiger partial charge in [0.25, 0.3) is 0 Å². The topological polar surface area (TPSA) is 34.1 Å². The number of ether oxygens (including phenoxy) is 1. The summed E-state index contributed by atoms with van der Waals surface area (Å²) in [6.45, 7) is 1.54. The van der Waals surface area contributed by atoms with Crippen LogP contribution in [0.4, 0.5) is 4.39 Å². The molecule has 0 bridgehead atoms. The summed E-state index contributed by atoms with van der Waals surface area (Å²) < 4.78 is 20.4. The summed E-state index contributed by atoms with van der Waals surface area (Å²) in [7, 11) is 1.47. The van der Waals surface area contributed by atoms with Gasteiger partial charge in [0, 0.05) is 33.4 Å². The van der Waals surface area contributed by atoms with Crippen LogP contribution in [0.5, 0.6) is 5.75 Å². The molecule has 4 rings (SSSR count). The van der Waals surface area contributed by atoms with E-state index in [0.717, 1.165) is 39.6 Å². The summed E-state index contributed by atoms with van der Waals surface area (Å²) in [6.07, 6.45) is 0.946. The van der Waals surface area contributed by atoms with Crippen molar-refractivity contribution in [3.63, 3.8) is 0 Å². The minimum Gasteiger partial charge on any atom is -0.494 e. The summed E-state index contributed by atoms with van der Waals surface area (Å²) in [4.78, 5) is 4.77. The van der Waals surface area contributed by atoms with Gasteiger partial charge in [-0.05, 0) is 59.8 Å². The molecule has 0 spiro atoms. The molecule has 4 aromatic rings. The van der Waals surface area contributed by atoms with Crippen molar-refractivity contribution < 1.29 is 9.13 Å². The first kappa shape index (κ1) is 20.0. The van der Waals surface area contributed by atoms with Crippen molar-refractivity contribution in [3.8, 4) is 17.0 Å². The lowest BCUT2D eigenvalue weighted by molar-refractivity contribution is 0.387. The fraction of sp³-hybridized carbons (Fsp3) is 0.174. The lowest BCUT2D eigenvalue weighted by Crippen LogP contribution is -2.17. The Morgan fingerprint density at radius 2 is 1.97 bits per heavy atom. The quantitative estimate of drug-likeness (QED) is 0.326. The number of nitrogens with one attached hydrogen (secondary N) is 1. The number of thiophene rings is 1. The Kier molecular flexibility index (Phi) is 6.23. The van der Waals surface area contributed by atoms with Gasteiger partial charge in [-0.3, -0.25) is 0 Å². The molecule has 3 nitrogen and oxygen atoms in total. The zero-order valence-electron chi connectivity index (χ0n) is 15.9. The SMILES string of the molecule is COc1cc2cc(CNCCc3ccc(Br)cc3)c(-c3ccsc3)nc2cc1F. The molecule has 2 aromatic carbocycles. The lowest BCUT2D eigenvalue weighted by atomic mass is 10.0. The summed E-state index contributed by atoms with van der Waals surface area (Å²) in [6, 6.07) is 15.6. The molecule has 0 unspecified atom stereocenters. The first-order chi connectivity index (χ1) is 14.1. The van der Waals surface area contributed by atoms with Crippen LogP contribution in [-0.2, 0) is 13.0 Å². The van der Waals surface area contributed by atoms with Gasteiger partial charge in [-0.15, -0.1) is 0 Å². The number of benzene rings is 2. The van der Waals surface area contributed by atoms with E-state index in [4.69, 9.17) is 9.72 Å². The van der Waals surface area contributed by atoms with Crippen LogP contribution in [0.1, 0.15) is 11.1 Å². The van der Waals surface area contributed by atoms with Crippen LogP contribution in [0.2, 0.25) is 0 Å². The molecule has 2 aromatic heterocycles. The molecule has 0 aliphatic carbocycles. The van der Waals surface area contributed by atoms with E-state index < -0.39 is 5.82 Å². The molecule has 0 atom stereocenters. The second-order valence-electron chi connectivity index (χ2n) is 6.74. The first-order valence-corrected chi connectivity index (χ1v) is 11.0. The number of nitrogens with zero attached hydrogens (tertiary/aromatic N) is 1. The number of hydrogen-bond donors (Lipinski definition) is 1. The first-order valence-electron chi connectivity index (χ1n) is 9.29. The highest BCUT2D eigenvalue weighted by molar-refractivity contribution is 9.10. The van der Waals surface area contributed by atoms with Crippen LogP contribution in [-0.4, -0.2) is 18.6 Å². The summed E-state index contributed by atoms with van der Waals surface area (Å²) in [5.74, 6) is -0.166. The van der Waals surface area contributed by atoms with E-state index in [2.05, 4.69) is 57.0 Å². The third kappa shape index (κ3) is 4.66. The van der Waals surface area contributed by atoms with Gasteiger partial charge >= 0.3 is 0 Å². The number of aromatic nitrogens is 1. The molecule has 0 amide bonds. The van der Waals surface area contributed by atoms with Gasteiger partial charge in [-0.1, -0.05) is 28.1 Å². The molecule has 6 heteroatoms. The Hall–Kier alpha value is -2.28. The van der Waals surface area contributed by atoms with E-state index >= 15 is 0 Å². The van der Waals surface area contributed by atoms with Crippen molar-refractivity contribution in [2.24, 2.45) is 0 Å². The zero-order valence-corrected chi connectivity index (χ0v) is 18.3. The third-order valence-corrected chi connectivity index (χ3v) is 5.99. The molecule has 29 heavy (non-hydrogen) atoms. The van der Waals surface area contributed by atoms with Gasteiger partial charge in [0.1, 0.15) is 0 Å². The fourth-order valence-corrected chi connectivity index (χ4v) is 4.17. The van der Waals surface area contributed by atoms with E-state index in [1.165, 1.54) is 18.7 Å². The number of rotatable bonds is 7. The predicted molar refractivity (Wildman–Crippen MR) is 121 cm³/mol. The normalized spacial score (nSPS) is 11.1. The van der Waals surface area contributed by atoms with Crippen molar-refractivity contribution in [2.75, 3.05) is 13.7 Å². The summed E-state index contributed by atoms with van der Waals surface area (Å²) in [5.41, 5.74) is 4.94. The van der Waals surface area contributed by atoms with E-state index in [1.54, 1.807) is 17.4 Å². The summed E-state index contributed by atoms with van der Waals surface area (Å²) in [5, 5.41) is 8.48. The Bertz CT molecular complexity index is 1110. The lowest BCUT2D eigenvalue weighted by Gasteiger charge is -2.12. The molecular formula is C23H20BrFN2OS. The zero-order chi connectivity index (χ0) is 20.2. The molecule has 1 N–H and O–H groups in total. The molecule has 148 valence electrons. The third-order valence-electron chi connectivity index (χ3n) is 4.78. The molecule has 0 saturated heterocycles. The van der Waals surface area contributed by atoms with E-state index in [9.17, 15) is 4.39 Å². The number of fused-ring (bicyclic) bond motifs is 1. The standard InChI is InChI=1S/C23H20BrFN2OS/c1-28-22-11-17-10-18(13-26-8-6-15-2-4-19(24)5-3-15)23(16-7-9-29-14-16)27-21(17)12-20(22)25/h2-5,7,9-12,14,26H,6,8,13H2,1H3. The number of pyridine rings is 1. The van der Waals surface area contributed by atoms with Crippen LogP contribution in [0.25, 0.3) is 22.2 Å². The van der Waals surface area contributed by atoms with Crippen LogP contribution in [0, 0.1) is 5.82 Å². The predicted octanol–water partition coefficient (Wildman–Crippen LogP) is 6.21. The maximum absolute atomic E-state index is 14.2. The average molecular weight is 471 g/mol. The molecule has 0 fully saturated rings. The number of hydrogen-bond acceptors (Lipinski definition) is 4. The molecule has 0 radical (unpaired) electrons. The molecular weight excluding hydrogens is 451 g/mol. The fourth-order valence-electron chi connectivity index (χ4n) is 3.27. The van der Waals surface area contributed by atoms with Crippen molar-refractivity contribution in [2.45, 2.75) is 13.0 Å². The van der Waals surface area contributed by atoms with Crippen molar-refractivity contribution >= 4 is 38.2 Å². The van der Waals surface area contributed by atoms with Gasteiger partial charge in [0.05, 0.1) is 18.3 Å². The maximum Gasteiger partial charge on any atom is 0.167 e. The minimum atomic E-state index is -0.399. The molecule has 0 aliphatic heterocycles. The second kappa shape index (κ2) is 9.03. The van der Waals surface area contributed by atoms with E-state index in [-0.39, 0.29) is 5.75 Å². The molecule has 0 aliphatic rings. The monoisotopic (exact) mass is 470 g/mol. The highest BCUT2D eigenvalue weighted by Crippen LogP contribution is 2.30. The van der Waals surface area contributed by atoms with Crippen LogP contribution in [0.15, 0.2) is 63.8 Å². The summed E-state index contributed by atoms with van der Waals surface area (Å²) >= 11 is 5.09. The van der Waals surface area contributed by atoms with Crippen LogP contribution < -0.4 is 10.1 Å². The molecule has 2 heterocycles. The van der Waals surface area contributed by atoms with Gasteiger partial charge in [-0.25, -0.2) is 9.37 Å². The Labute approximate surface area is 181 Å². The van der Waals surface area contributed by atoms with Crippen molar-refractivity contribution in [1.29, 1.82) is 0 Å². The van der Waals surface area contributed by atoms with Gasteiger partial charge < -0.3 is 10.1 Å². The van der Waals surface area contributed by atoms with Crippen LogP contribution >= 0.6 is 27.3 Å². The highest BCUT2D eigenvalue weighted by Gasteiger charge is 2.13. The number of halogens is 2. The smallest absolute Gasteiger partial charge is 0.167 e. The van der Waals surface area contributed by atoms with Crippen molar-refractivity contribution in [1.82, 2.24) is 10.3 Å². The Morgan fingerprint density at radius 1 is 1.14 bits per heavy atom. The minimum absolute atomic E-state index is 0.233. The van der Waals surface area contributed by atoms with E-state index in [1.807, 2.05) is 11.4 Å². The highest BCUT2D eigenvalue weighted by atomic mass is 79.9. The van der Waals surface area contributed by atoms with Crippen LogP contribution in [0.3, 0.4) is 0 Å². The van der Waals surface area contributed by atoms with Gasteiger partial charge in [0.2, 0.25) is 0 Å². The average Bonchev–Trinajstić information content (AvgIpc) is 3.26.